The van der Waals surface area contributed by atoms with Crippen molar-refractivity contribution in [1.82, 2.24) is 10.2 Å². The third-order valence-electron chi connectivity index (χ3n) is 3.66. The largest absolute Gasteiger partial charge is 0.316 e. The number of nitrogens with one attached hydrogen (secondary N) is 1. The summed E-state index contributed by atoms with van der Waals surface area (Å²) in [6.07, 6.45) is 2.56. The Morgan fingerprint density at radius 3 is 2.94 bits per heavy atom. The normalized spacial score (nSPS) is 25.6. The van der Waals surface area contributed by atoms with Crippen LogP contribution in [0.4, 0.5) is 0 Å². The summed E-state index contributed by atoms with van der Waals surface area (Å²) in [5.74, 6) is 0.782. The molecule has 0 aromatic carbocycles. The lowest BCUT2D eigenvalue weighted by Crippen LogP contribution is -2.28. The Bertz CT molecular complexity index is 348. The minimum Gasteiger partial charge on any atom is -0.316 e. The smallest absolute Gasteiger partial charge is 0.0479 e. The maximum absolute atomic E-state index is 3.58. The fourth-order valence-corrected chi connectivity index (χ4v) is 3.90. The first kappa shape index (κ1) is 13.1. The van der Waals surface area contributed by atoms with Crippen LogP contribution < -0.4 is 5.32 Å². The Kier molecular flexibility index (Phi) is 4.60. The summed E-state index contributed by atoms with van der Waals surface area (Å²) in [7, 11) is 2.26. The maximum atomic E-state index is 3.58. The Morgan fingerprint density at radius 1 is 1.47 bits per heavy atom. The van der Waals surface area contributed by atoms with E-state index in [2.05, 4.69) is 43.2 Å². The van der Waals surface area contributed by atoms with Gasteiger partial charge >= 0.3 is 0 Å². The lowest BCUT2D eigenvalue weighted by Gasteiger charge is -2.24. The minimum atomic E-state index is 0.637. The van der Waals surface area contributed by atoms with Crippen molar-refractivity contribution in [3.05, 3.63) is 21.9 Å². The summed E-state index contributed by atoms with van der Waals surface area (Å²) in [6, 6.07) is 5.21. The molecule has 3 heteroatoms. The molecule has 2 atom stereocenters. The van der Waals surface area contributed by atoms with Crippen LogP contribution >= 0.6 is 11.3 Å². The van der Waals surface area contributed by atoms with Gasteiger partial charge in [0.2, 0.25) is 0 Å². The zero-order valence-corrected chi connectivity index (χ0v) is 12.0. The number of hydrogen-bond acceptors (Lipinski definition) is 3. The number of rotatable bonds is 5. The molecule has 1 aromatic rings. The summed E-state index contributed by atoms with van der Waals surface area (Å²) in [6.45, 7) is 7.98. The van der Waals surface area contributed by atoms with Crippen molar-refractivity contribution in [3.8, 4) is 0 Å². The van der Waals surface area contributed by atoms with Crippen molar-refractivity contribution in [2.75, 3.05) is 26.7 Å². The fraction of sp³-hybridized carbons (Fsp3) is 0.714. The van der Waals surface area contributed by atoms with Crippen LogP contribution in [0.25, 0.3) is 0 Å². The highest BCUT2D eigenvalue weighted by atomic mass is 32.1. The van der Waals surface area contributed by atoms with E-state index in [1.165, 1.54) is 30.8 Å². The second kappa shape index (κ2) is 5.98. The Morgan fingerprint density at radius 2 is 2.29 bits per heavy atom. The summed E-state index contributed by atoms with van der Waals surface area (Å²) in [4.78, 5) is 5.50. The molecule has 1 aliphatic rings. The standard InChI is InChI=1S/C14H24N2S/c1-4-8-15-10-12-7-9-16(3)14(12)13-6-5-11(2)17-13/h5-6,12,14-15H,4,7-10H2,1-3H3. The van der Waals surface area contributed by atoms with Gasteiger partial charge in [-0.3, -0.25) is 4.90 Å². The maximum Gasteiger partial charge on any atom is 0.0479 e. The molecule has 1 N–H and O–H groups in total. The first-order valence-corrected chi connectivity index (χ1v) is 7.51. The molecule has 0 spiro atoms. The van der Waals surface area contributed by atoms with Gasteiger partial charge in [-0.25, -0.2) is 0 Å². The lowest BCUT2D eigenvalue weighted by molar-refractivity contribution is 0.276. The van der Waals surface area contributed by atoms with Gasteiger partial charge in [0.25, 0.3) is 0 Å². The van der Waals surface area contributed by atoms with Crippen LogP contribution in [0, 0.1) is 12.8 Å². The molecule has 2 rings (SSSR count). The Labute approximate surface area is 109 Å². The van der Waals surface area contributed by atoms with Crippen molar-refractivity contribution in [3.63, 3.8) is 0 Å². The van der Waals surface area contributed by atoms with Gasteiger partial charge < -0.3 is 5.32 Å². The number of likely N-dealkylation sites (tertiary alicyclic amines) is 1. The first-order valence-electron chi connectivity index (χ1n) is 6.69. The van der Waals surface area contributed by atoms with Crippen LogP contribution in [0.2, 0.25) is 0 Å². The molecular formula is C14H24N2S. The van der Waals surface area contributed by atoms with Gasteiger partial charge in [-0.15, -0.1) is 11.3 Å². The molecule has 2 unspecified atom stereocenters. The molecule has 0 saturated carbocycles. The van der Waals surface area contributed by atoms with Gasteiger partial charge in [-0.05, 0) is 64.5 Å². The van der Waals surface area contributed by atoms with E-state index >= 15 is 0 Å². The van der Waals surface area contributed by atoms with Crippen LogP contribution in [0.1, 0.15) is 35.6 Å². The van der Waals surface area contributed by atoms with Gasteiger partial charge in [0.1, 0.15) is 0 Å². The summed E-state index contributed by atoms with van der Waals surface area (Å²) < 4.78 is 0. The second-order valence-electron chi connectivity index (χ2n) is 5.13. The molecule has 0 bridgehead atoms. The molecule has 0 aliphatic carbocycles. The highest BCUT2D eigenvalue weighted by Gasteiger charge is 2.33. The average molecular weight is 252 g/mol. The monoisotopic (exact) mass is 252 g/mol. The Hall–Kier alpha value is -0.380. The van der Waals surface area contributed by atoms with Crippen LogP contribution in [0.5, 0.6) is 0 Å². The molecular weight excluding hydrogens is 228 g/mol. The van der Waals surface area contributed by atoms with E-state index in [4.69, 9.17) is 0 Å². The van der Waals surface area contributed by atoms with Gasteiger partial charge in [-0.1, -0.05) is 6.92 Å². The molecule has 96 valence electrons. The predicted molar refractivity (Wildman–Crippen MR) is 75.7 cm³/mol. The third-order valence-corrected chi connectivity index (χ3v) is 4.73. The van der Waals surface area contributed by atoms with Gasteiger partial charge in [0.15, 0.2) is 0 Å². The molecule has 0 amide bonds. The SMILES string of the molecule is CCCNCC1CCN(C)C1c1ccc(C)s1. The topological polar surface area (TPSA) is 15.3 Å². The van der Waals surface area contributed by atoms with Crippen LogP contribution in [0.3, 0.4) is 0 Å². The van der Waals surface area contributed by atoms with Gasteiger partial charge in [0, 0.05) is 15.8 Å². The van der Waals surface area contributed by atoms with E-state index in [1.807, 2.05) is 11.3 Å². The highest BCUT2D eigenvalue weighted by molar-refractivity contribution is 7.12. The highest BCUT2D eigenvalue weighted by Crippen LogP contribution is 2.38. The van der Waals surface area contributed by atoms with Gasteiger partial charge in [0.05, 0.1) is 0 Å². The predicted octanol–water partition coefficient (Wildman–Crippen LogP) is 3.05. The number of thiophene rings is 1. The summed E-state index contributed by atoms with van der Waals surface area (Å²) in [5, 5.41) is 3.58. The number of aryl methyl sites for hydroxylation is 1. The molecule has 2 heterocycles. The van der Waals surface area contributed by atoms with Crippen molar-refractivity contribution < 1.29 is 0 Å². The van der Waals surface area contributed by atoms with E-state index in [-0.39, 0.29) is 0 Å². The van der Waals surface area contributed by atoms with E-state index < -0.39 is 0 Å². The van der Waals surface area contributed by atoms with Crippen molar-refractivity contribution in [2.24, 2.45) is 5.92 Å². The van der Waals surface area contributed by atoms with E-state index in [1.54, 1.807) is 4.88 Å². The molecule has 17 heavy (non-hydrogen) atoms. The lowest BCUT2D eigenvalue weighted by atomic mass is 9.99. The quantitative estimate of drug-likeness (QED) is 0.810. The number of hydrogen-bond donors (Lipinski definition) is 1. The van der Waals surface area contributed by atoms with Crippen LogP contribution in [0.15, 0.2) is 12.1 Å². The number of nitrogens with zero attached hydrogens (tertiary/aromatic N) is 1. The van der Waals surface area contributed by atoms with Gasteiger partial charge in [-0.2, -0.15) is 0 Å². The molecule has 1 fully saturated rings. The van der Waals surface area contributed by atoms with Crippen LogP contribution in [-0.2, 0) is 0 Å². The zero-order chi connectivity index (χ0) is 12.3. The third kappa shape index (κ3) is 3.09. The minimum absolute atomic E-state index is 0.637. The molecule has 1 saturated heterocycles. The van der Waals surface area contributed by atoms with Crippen molar-refractivity contribution >= 4 is 11.3 Å². The Balaban J connectivity index is 2.01. The zero-order valence-electron chi connectivity index (χ0n) is 11.2. The summed E-state index contributed by atoms with van der Waals surface area (Å²) >= 11 is 1.96. The molecule has 1 aliphatic heterocycles. The van der Waals surface area contributed by atoms with E-state index in [0.717, 1.165) is 12.5 Å². The average Bonchev–Trinajstić information content (AvgIpc) is 2.86. The second-order valence-corrected chi connectivity index (χ2v) is 6.45. The van der Waals surface area contributed by atoms with E-state index in [9.17, 15) is 0 Å². The van der Waals surface area contributed by atoms with E-state index in [0.29, 0.717) is 6.04 Å². The summed E-state index contributed by atoms with van der Waals surface area (Å²) in [5.41, 5.74) is 0. The molecule has 2 nitrogen and oxygen atoms in total. The van der Waals surface area contributed by atoms with Crippen LogP contribution in [-0.4, -0.2) is 31.6 Å². The van der Waals surface area contributed by atoms with Crippen molar-refractivity contribution in [2.45, 2.75) is 32.7 Å². The fourth-order valence-electron chi connectivity index (χ4n) is 2.77. The van der Waals surface area contributed by atoms with Crippen molar-refractivity contribution in [1.29, 1.82) is 0 Å². The molecule has 0 radical (unpaired) electrons. The first-order chi connectivity index (χ1) is 8.22. The molecule has 1 aromatic heterocycles.